The molecule has 0 aromatic heterocycles. The maximum absolute atomic E-state index is 13.5. The molecule has 1 atom stereocenters. The summed E-state index contributed by atoms with van der Waals surface area (Å²) >= 11 is 0. The van der Waals surface area contributed by atoms with Gasteiger partial charge in [-0.25, -0.2) is 4.99 Å². The van der Waals surface area contributed by atoms with Crippen LogP contribution in [0.4, 0.5) is 5.69 Å². The number of hydrogen-bond acceptors (Lipinski definition) is 6. The van der Waals surface area contributed by atoms with E-state index >= 15 is 0 Å². The highest BCUT2D eigenvalue weighted by Crippen LogP contribution is 2.19. The fraction of sp³-hybridized carbons (Fsp3) is 0.429. The van der Waals surface area contributed by atoms with Crippen molar-refractivity contribution in [3.8, 4) is 11.5 Å². The van der Waals surface area contributed by atoms with Crippen molar-refractivity contribution in [2.75, 3.05) is 45.7 Å². The molecule has 202 valence electrons. The third-order valence-electron chi connectivity index (χ3n) is 6.74. The number of hydrogen-bond donors (Lipinski definition) is 2. The van der Waals surface area contributed by atoms with Crippen LogP contribution in [0.15, 0.2) is 53.5 Å². The van der Waals surface area contributed by atoms with E-state index in [1.54, 1.807) is 60.5 Å². The third kappa shape index (κ3) is 7.02. The minimum absolute atomic E-state index is 0.0246. The SMILES string of the molecule is COc1ccc(NC(=N[C@H]2CCCCN(CC(=O)N3CCCC3)C2=O)NC(=O)c2cccc(OC)c2)cc1. The molecule has 10 nitrogen and oxygen atoms in total. The van der Waals surface area contributed by atoms with Crippen LogP contribution in [-0.2, 0) is 9.59 Å². The van der Waals surface area contributed by atoms with Crippen molar-refractivity contribution in [3.05, 3.63) is 54.1 Å². The van der Waals surface area contributed by atoms with Gasteiger partial charge in [0.05, 0.1) is 20.8 Å². The lowest BCUT2D eigenvalue weighted by atomic mass is 10.1. The molecule has 2 fully saturated rings. The van der Waals surface area contributed by atoms with Gasteiger partial charge in [0, 0.05) is 30.9 Å². The summed E-state index contributed by atoms with van der Waals surface area (Å²) in [4.78, 5) is 47.4. The number of amides is 3. The van der Waals surface area contributed by atoms with Crippen molar-refractivity contribution in [2.24, 2.45) is 4.99 Å². The van der Waals surface area contributed by atoms with Gasteiger partial charge in [-0.05, 0) is 74.6 Å². The second-order valence-corrected chi connectivity index (χ2v) is 9.38. The zero-order valence-corrected chi connectivity index (χ0v) is 21.9. The highest BCUT2D eigenvalue weighted by atomic mass is 16.5. The monoisotopic (exact) mass is 521 g/mol. The number of ether oxygens (including phenoxy) is 2. The molecule has 10 heteroatoms. The maximum atomic E-state index is 13.5. The first-order chi connectivity index (χ1) is 18.5. The van der Waals surface area contributed by atoms with Crippen LogP contribution in [0.3, 0.4) is 0 Å². The molecular formula is C28H35N5O5. The average Bonchev–Trinajstić information content (AvgIpc) is 3.44. The summed E-state index contributed by atoms with van der Waals surface area (Å²) in [6.45, 7) is 2.06. The molecule has 2 aliphatic heterocycles. The molecule has 0 radical (unpaired) electrons. The van der Waals surface area contributed by atoms with Crippen LogP contribution in [0.25, 0.3) is 0 Å². The number of nitrogens with zero attached hydrogens (tertiary/aromatic N) is 3. The van der Waals surface area contributed by atoms with Crippen LogP contribution in [0.2, 0.25) is 0 Å². The fourth-order valence-corrected chi connectivity index (χ4v) is 4.60. The van der Waals surface area contributed by atoms with Gasteiger partial charge in [-0.2, -0.15) is 0 Å². The third-order valence-corrected chi connectivity index (χ3v) is 6.74. The summed E-state index contributed by atoms with van der Waals surface area (Å²) < 4.78 is 10.5. The van der Waals surface area contributed by atoms with Crippen LogP contribution < -0.4 is 20.1 Å². The summed E-state index contributed by atoms with van der Waals surface area (Å²) in [6, 6.07) is 13.2. The van der Waals surface area contributed by atoms with Crippen LogP contribution >= 0.6 is 0 Å². The van der Waals surface area contributed by atoms with Crippen LogP contribution in [0.5, 0.6) is 11.5 Å². The van der Waals surface area contributed by atoms with E-state index in [1.807, 2.05) is 4.90 Å². The lowest BCUT2D eigenvalue weighted by molar-refractivity contribution is -0.140. The summed E-state index contributed by atoms with van der Waals surface area (Å²) in [5.74, 6) is 0.756. The van der Waals surface area contributed by atoms with Gasteiger partial charge in [-0.1, -0.05) is 6.07 Å². The molecule has 2 heterocycles. The summed E-state index contributed by atoms with van der Waals surface area (Å²) in [6.07, 6.45) is 4.10. The fourth-order valence-electron chi connectivity index (χ4n) is 4.60. The molecule has 0 bridgehead atoms. The lowest BCUT2D eigenvalue weighted by Gasteiger charge is -2.25. The number of rotatable bonds is 7. The number of nitrogens with one attached hydrogen (secondary N) is 2. The number of anilines is 1. The highest BCUT2D eigenvalue weighted by Gasteiger charge is 2.30. The van der Waals surface area contributed by atoms with Gasteiger partial charge in [0.15, 0.2) is 0 Å². The molecule has 2 aromatic rings. The number of benzene rings is 2. The van der Waals surface area contributed by atoms with Crippen molar-refractivity contribution in [2.45, 2.75) is 38.1 Å². The second-order valence-electron chi connectivity index (χ2n) is 9.38. The Hall–Kier alpha value is -4.08. The van der Waals surface area contributed by atoms with E-state index in [0.717, 1.165) is 38.8 Å². The first-order valence-electron chi connectivity index (χ1n) is 13.0. The normalized spacial score (nSPS) is 18.1. The zero-order valence-electron chi connectivity index (χ0n) is 21.9. The van der Waals surface area contributed by atoms with Crippen molar-refractivity contribution in [1.29, 1.82) is 0 Å². The number of carbonyl (C=O) groups excluding carboxylic acids is 3. The average molecular weight is 522 g/mol. The Morgan fingerprint density at radius 2 is 1.66 bits per heavy atom. The van der Waals surface area contributed by atoms with Crippen molar-refractivity contribution >= 4 is 29.4 Å². The van der Waals surface area contributed by atoms with Gasteiger partial charge in [0.1, 0.15) is 17.5 Å². The Bertz CT molecular complexity index is 1160. The van der Waals surface area contributed by atoms with Crippen molar-refractivity contribution < 1.29 is 23.9 Å². The van der Waals surface area contributed by atoms with E-state index in [-0.39, 0.29) is 24.3 Å². The Kier molecular flexibility index (Phi) is 9.18. The largest absolute Gasteiger partial charge is 0.497 e. The number of aliphatic imine (C=N–C) groups is 1. The van der Waals surface area contributed by atoms with E-state index in [2.05, 4.69) is 15.6 Å². The lowest BCUT2D eigenvalue weighted by Crippen LogP contribution is -2.45. The quantitative estimate of drug-likeness (QED) is 0.428. The number of guanidine groups is 1. The first-order valence-corrected chi connectivity index (χ1v) is 13.0. The van der Waals surface area contributed by atoms with E-state index in [9.17, 15) is 14.4 Å². The van der Waals surface area contributed by atoms with Crippen molar-refractivity contribution in [3.63, 3.8) is 0 Å². The highest BCUT2D eigenvalue weighted by molar-refractivity contribution is 6.10. The van der Waals surface area contributed by atoms with Gasteiger partial charge in [0.25, 0.3) is 5.91 Å². The Balaban J connectivity index is 1.56. The predicted molar refractivity (Wildman–Crippen MR) is 145 cm³/mol. The zero-order chi connectivity index (χ0) is 26.9. The molecule has 38 heavy (non-hydrogen) atoms. The minimum Gasteiger partial charge on any atom is -0.497 e. The minimum atomic E-state index is -0.727. The summed E-state index contributed by atoms with van der Waals surface area (Å²) in [5.41, 5.74) is 1.05. The summed E-state index contributed by atoms with van der Waals surface area (Å²) in [7, 11) is 3.12. The van der Waals surface area contributed by atoms with Gasteiger partial charge < -0.3 is 24.6 Å². The molecule has 0 unspecified atom stereocenters. The molecule has 0 spiro atoms. The molecule has 2 saturated heterocycles. The molecule has 2 aromatic carbocycles. The number of methoxy groups -OCH3 is 2. The number of likely N-dealkylation sites (tertiary alicyclic amines) is 2. The second kappa shape index (κ2) is 12.9. The van der Waals surface area contributed by atoms with Gasteiger partial charge in [0.2, 0.25) is 17.8 Å². The molecule has 4 rings (SSSR count). The predicted octanol–water partition coefficient (Wildman–Crippen LogP) is 2.91. The van der Waals surface area contributed by atoms with E-state index in [0.29, 0.717) is 35.7 Å². The standard InChI is InChI=1S/C28H35N5O5/c1-37-22-13-11-21(12-14-22)29-28(31-26(35)20-8-7-9-23(18-20)38-2)30-24-10-3-4-17-33(27(24)36)19-25(34)32-15-5-6-16-32/h7-9,11-14,18,24H,3-6,10,15-17,19H2,1-2H3,(H2,29,30,31,35)/t24-/m0/s1. The van der Waals surface area contributed by atoms with Crippen molar-refractivity contribution in [1.82, 2.24) is 15.1 Å². The first kappa shape index (κ1) is 27.0. The molecule has 3 amide bonds. The molecule has 0 aliphatic carbocycles. The van der Waals surface area contributed by atoms with E-state index in [4.69, 9.17) is 9.47 Å². The van der Waals surface area contributed by atoms with Gasteiger partial charge in [-0.3, -0.25) is 19.7 Å². The molecule has 2 N–H and O–H groups in total. The van der Waals surface area contributed by atoms with Gasteiger partial charge in [-0.15, -0.1) is 0 Å². The van der Waals surface area contributed by atoms with Crippen LogP contribution in [-0.4, -0.2) is 79.9 Å². The van der Waals surface area contributed by atoms with Crippen LogP contribution in [0, 0.1) is 0 Å². The maximum Gasteiger partial charge on any atom is 0.258 e. The topological polar surface area (TPSA) is 113 Å². The van der Waals surface area contributed by atoms with E-state index in [1.165, 1.54) is 7.11 Å². The summed E-state index contributed by atoms with van der Waals surface area (Å²) in [5, 5.41) is 5.95. The molecule has 0 saturated carbocycles. The molecular weight excluding hydrogens is 486 g/mol. The van der Waals surface area contributed by atoms with Crippen LogP contribution in [0.1, 0.15) is 42.5 Å². The van der Waals surface area contributed by atoms with Gasteiger partial charge >= 0.3 is 0 Å². The number of carbonyl (C=O) groups is 3. The Morgan fingerprint density at radius 3 is 2.37 bits per heavy atom. The molecule has 2 aliphatic rings. The van der Waals surface area contributed by atoms with E-state index < -0.39 is 11.9 Å². The Labute approximate surface area is 223 Å². The Morgan fingerprint density at radius 1 is 0.947 bits per heavy atom. The smallest absolute Gasteiger partial charge is 0.258 e.